The highest BCUT2D eigenvalue weighted by Gasteiger charge is 2.50. The fourth-order valence-corrected chi connectivity index (χ4v) is 8.58. The Balaban J connectivity index is 1.73. The predicted molar refractivity (Wildman–Crippen MR) is 193 cm³/mol. The van der Waals surface area contributed by atoms with E-state index in [0.717, 1.165) is 33.4 Å². The van der Waals surface area contributed by atoms with Gasteiger partial charge in [-0.15, -0.1) is 0 Å². The number of hydrogen-bond acceptors (Lipinski definition) is 4. The number of carbonyl (C=O) groups is 2. The summed E-state index contributed by atoms with van der Waals surface area (Å²) in [5.74, 6) is -2.01. The van der Waals surface area contributed by atoms with Crippen LogP contribution in [0.25, 0.3) is 0 Å². The number of carboxylic acids is 2. The van der Waals surface area contributed by atoms with Gasteiger partial charge in [-0.3, -0.25) is 4.55 Å². The molecule has 5 aromatic rings. The summed E-state index contributed by atoms with van der Waals surface area (Å²) in [5, 5.41) is 22.0. The van der Waals surface area contributed by atoms with Crippen LogP contribution in [-0.4, -0.2) is 35.1 Å². The van der Waals surface area contributed by atoms with Gasteiger partial charge < -0.3 is 10.2 Å². The van der Waals surface area contributed by atoms with Gasteiger partial charge in [0.2, 0.25) is 0 Å². The first-order chi connectivity index (χ1) is 23.5. The van der Waals surface area contributed by atoms with E-state index >= 15 is 0 Å². The summed E-state index contributed by atoms with van der Waals surface area (Å²) in [6.07, 6.45) is 0.650. The molecule has 0 amide bonds. The van der Waals surface area contributed by atoms with Crippen LogP contribution in [0.3, 0.4) is 0 Å². The minimum atomic E-state index is -4.74. The third kappa shape index (κ3) is 5.78. The number of aromatic carboxylic acids is 2. The second kappa shape index (κ2) is 12.6. The van der Waals surface area contributed by atoms with Crippen molar-refractivity contribution < 1.29 is 32.8 Å². The Hall–Kier alpha value is -5.18. The first-order valence-corrected chi connectivity index (χ1v) is 17.8. The number of hydrogen-bond donors (Lipinski definition) is 3. The third-order valence-electron chi connectivity index (χ3n) is 10.3. The second-order valence-electron chi connectivity index (χ2n) is 13.7. The maximum atomic E-state index is 13.5. The molecule has 0 aliphatic heterocycles. The highest BCUT2D eigenvalue weighted by atomic mass is 32.2. The van der Waals surface area contributed by atoms with Gasteiger partial charge in [0.25, 0.3) is 0 Å². The van der Waals surface area contributed by atoms with Crippen molar-refractivity contribution in [1.29, 1.82) is 0 Å². The minimum absolute atomic E-state index is 0.0409. The van der Waals surface area contributed by atoms with E-state index in [0.29, 0.717) is 52.1 Å². The zero-order valence-corrected chi connectivity index (χ0v) is 29.7. The maximum Gasteiger partial charge on any atom is 0.342 e. The van der Waals surface area contributed by atoms with Gasteiger partial charge in [-0.2, -0.15) is 8.42 Å². The molecule has 8 heteroatoms. The number of rotatable bonds is 8. The SMILES string of the molecule is Cc1cccc(C)c1Cc1ccc2c(c1C(=O)O)C(C)(C)c1c(ccc(Cc3c(C)cccc3C)c1C(=O)O)[C+]2c1ccccc1S(=O)(=O)O. The molecule has 1 aliphatic rings. The van der Waals surface area contributed by atoms with Gasteiger partial charge in [0.05, 0.1) is 39.2 Å². The minimum Gasteiger partial charge on any atom is -0.477 e. The number of carboxylic acid groups (broad SMARTS) is 2. The standard InChI is InChI=1S/C42H38O7S/c1-23-11-9-12-24(2)32(23)21-27-17-19-30-37(29-15-7-8-16-34(29)50(47,48)49)31-20-18-28(22-33-25(3)13-10-14-26(33)4)36(41(45)46)39(31)42(5,6)38(30)35(27)40(43)44/h7-20H,21-22H2,1-6H3,(H2-,43,44,45,46,47,48,49)/p+1. The topological polar surface area (TPSA) is 129 Å². The lowest BCUT2D eigenvalue weighted by atomic mass is 9.60. The molecular formula is C42H39O7S+. The Kier molecular flexibility index (Phi) is 8.75. The molecule has 0 saturated carbocycles. The van der Waals surface area contributed by atoms with Gasteiger partial charge in [0.1, 0.15) is 4.90 Å². The Labute approximate surface area is 293 Å². The van der Waals surface area contributed by atoms with Gasteiger partial charge in [0.15, 0.2) is 0 Å². The lowest BCUT2D eigenvalue weighted by Crippen LogP contribution is -2.36. The molecule has 0 radical (unpaired) electrons. The van der Waals surface area contributed by atoms with Crippen LogP contribution in [0.4, 0.5) is 0 Å². The highest BCUT2D eigenvalue weighted by molar-refractivity contribution is 7.85. The van der Waals surface area contributed by atoms with Crippen molar-refractivity contribution in [3.8, 4) is 0 Å². The summed E-state index contributed by atoms with van der Waals surface area (Å²) in [7, 11) is -4.74. The van der Waals surface area contributed by atoms with Crippen molar-refractivity contribution in [2.75, 3.05) is 0 Å². The molecule has 0 bridgehead atoms. The monoisotopic (exact) mass is 687 g/mol. The molecule has 254 valence electrons. The van der Waals surface area contributed by atoms with E-state index in [1.807, 2.05) is 77.9 Å². The first kappa shape index (κ1) is 34.7. The van der Waals surface area contributed by atoms with Crippen molar-refractivity contribution in [1.82, 2.24) is 0 Å². The number of aryl methyl sites for hydroxylation is 4. The van der Waals surface area contributed by atoms with E-state index in [1.54, 1.807) is 36.4 Å². The Morgan fingerprint density at radius 2 is 1.00 bits per heavy atom. The molecule has 0 spiro atoms. The molecule has 50 heavy (non-hydrogen) atoms. The third-order valence-corrected chi connectivity index (χ3v) is 11.2. The Bertz CT molecular complexity index is 2170. The molecule has 0 aromatic heterocycles. The maximum absolute atomic E-state index is 13.5. The van der Waals surface area contributed by atoms with Crippen molar-refractivity contribution in [2.45, 2.75) is 64.7 Å². The fourth-order valence-electron chi connectivity index (χ4n) is 7.88. The smallest absolute Gasteiger partial charge is 0.342 e. The molecular weight excluding hydrogens is 649 g/mol. The molecule has 1 aliphatic carbocycles. The van der Waals surface area contributed by atoms with Crippen LogP contribution in [0.2, 0.25) is 0 Å². The van der Waals surface area contributed by atoms with Crippen LogP contribution >= 0.6 is 0 Å². The van der Waals surface area contributed by atoms with E-state index in [1.165, 1.54) is 12.1 Å². The number of benzene rings is 5. The van der Waals surface area contributed by atoms with Crippen molar-refractivity contribution >= 4 is 22.1 Å². The molecule has 7 nitrogen and oxygen atoms in total. The van der Waals surface area contributed by atoms with Crippen LogP contribution in [0.1, 0.15) is 107 Å². The van der Waals surface area contributed by atoms with Gasteiger partial charge in [-0.05, 0) is 147 Å². The average Bonchev–Trinajstić information content (AvgIpc) is 3.04. The van der Waals surface area contributed by atoms with Crippen LogP contribution in [0.15, 0.2) is 89.8 Å². The summed E-state index contributed by atoms with van der Waals surface area (Å²) >= 11 is 0. The van der Waals surface area contributed by atoms with E-state index in [-0.39, 0.29) is 21.6 Å². The molecule has 0 fully saturated rings. The summed E-state index contributed by atoms with van der Waals surface area (Å²) in [5.41, 5.74) is 7.89. The zero-order chi connectivity index (χ0) is 36.3. The van der Waals surface area contributed by atoms with E-state index in [4.69, 9.17) is 0 Å². The lowest BCUT2D eigenvalue weighted by Gasteiger charge is -2.38. The van der Waals surface area contributed by atoms with Crippen molar-refractivity contribution in [3.63, 3.8) is 0 Å². The Morgan fingerprint density at radius 1 is 0.600 bits per heavy atom. The van der Waals surface area contributed by atoms with Crippen LogP contribution in [0.5, 0.6) is 0 Å². The van der Waals surface area contributed by atoms with Crippen molar-refractivity contribution in [3.05, 3.63) is 174 Å². The van der Waals surface area contributed by atoms with Gasteiger partial charge in [0, 0.05) is 11.1 Å². The molecule has 5 aromatic carbocycles. The van der Waals surface area contributed by atoms with E-state index < -0.39 is 27.5 Å². The van der Waals surface area contributed by atoms with Crippen LogP contribution in [0, 0.1) is 33.6 Å². The lowest BCUT2D eigenvalue weighted by molar-refractivity contribution is 0.0685. The summed E-state index contributed by atoms with van der Waals surface area (Å²) in [4.78, 5) is 26.6. The normalized spacial score (nSPS) is 13.5. The molecule has 0 unspecified atom stereocenters. The van der Waals surface area contributed by atoms with Crippen LogP contribution < -0.4 is 0 Å². The van der Waals surface area contributed by atoms with E-state index in [9.17, 15) is 32.8 Å². The van der Waals surface area contributed by atoms with Gasteiger partial charge in [-0.25, -0.2) is 9.59 Å². The first-order valence-electron chi connectivity index (χ1n) is 16.4. The molecule has 0 heterocycles. The van der Waals surface area contributed by atoms with E-state index in [2.05, 4.69) is 0 Å². The molecule has 3 N–H and O–H groups in total. The predicted octanol–water partition coefficient (Wildman–Crippen LogP) is 8.40. The molecule has 6 rings (SSSR count). The largest absolute Gasteiger partial charge is 0.477 e. The van der Waals surface area contributed by atoms with Crippen LogP contribution in [-0.2, 0) is 28.4 Å². The quantitative estimate of drug-likeness (QED) is 0.110. The summed E-state index contributed by atoms with van der Waals surface area (Å²) < 4.78 is 36.0. The Morgan fingerprint density at radius 3 is 1.38 bits per heavy atom. The summed E-state index contributed by atoms with van der Waals surface area (Å²) in [6.45, 7) is 11.6. The highest BCUT2D eigenvalue weighted by Crippen LogP contribution is 2.53. The second-order valence-corrected chi connectivity index (χ2v) is 15.1. The number of fused-ring (bicyclic) bond motifs is 2. The molecule has 0 atom stereocenters. The average molecular weight is 688 g/mol. The summed E-state index contributed by atoms with van der Waals surface area (Å²) in [6, 6.07) is 24.9. The van der Waals surface area contributed by atoms with Gasteiger partial charge in [-0.1, -0.05) is 36.4 Å². The zero-order valence-electron chi connectivity index (χ0n) is 28.9. The van der Waals surface area contributed by atoms with Gasteiger partial charge >= 0.3 is 22.1 Å². The van der Waals surface area contributed by atoms with Crippen molar-refractivity contribution in [2.24, 2.45) is 0 Å². The molecule has 0 saturated heterocycles. The fraction of sp³-hybridized carbons (Fsp3) is 0.214.